The number of hydrogen-bond acceptors (Lipinski definition) is 8. The van der Waals surface area contributed by atoms with E-state index in [1.165, 1.54) is 5.06 Å². The number of hydroxylamine groups is 2. The number of rotatable bonds is 13. The molecule has 4 rings (SSSR count). The summed E-state index contributed by atoms with van der Waals surface area (Å²) in [5.74, 6) is -1.46. The third-order valence-corrected chi connectivity index (χ3v) is 8.27. The number of hydrogen-bond donors (Lipinski definition) is 2. The highest BCUT2D eigenvalue weighted by molar-refractivity contribution is 5.84. The van der Waals surface area contributed by atoms with Crippen LogP contribution in [0.15, 0.2) is 12.1 Å². The lowest BCUT2D eigenvalue weighted by Crippen LogP contribution is -2.45. The van der Waals surface area contributed by atoms with E-state index >= 15 is 0 Å². The number of carbonyl (C=O) groups excluding carboxylic acids is 2. The maximum absolute atomic E-state index is 13.4. The predicted molar refractivity (Wildman–Crippen MR) is 146 cm³/mol. The first-order valence-electron chi connectivity index (χ1n) is 14.3. The minimum absolute atomic E-state index is 0.00547. The van der Waals surface area contributed by atoms with Gasteiger partial charge < -0.3 is 24.6 Å². The number of carbonyl (C=O) groups is 3. The summed E-state index contributed by atoms with van der Waals surface area (Å²) in [6.07, 6.45) is 2.67. The first-order valence-corrected chi connectivity index (χ1v) is 14.3. The standard InChI is InChI=1S/C29H43N3O8/c1-5-9-32(40-12-6-2)24(34)16-31-15-21(19-13-20(17-33)26-23(14-19)38-18-39-26)25(27(35)36)22(31)7-10-30-11-8-29(3,4)28(30)37/h13-14,21-22,25,33H,5-12,15-18H2,1-4H3,(H,35,36)/t21-,22+,25-/m1/s1. The number of carboxylic acid groups (broad SMARTS) is 1. The van der Waals surface area contributed by atoms with Crippen molar-refractivity contribution < 1.29 is 38.9 Å². The number of ether oxygens (including phenoxy) is 2. The Kier molecular flexibility index (Phi) is 9.58. The van der Waals surface area contributed by atoms with Crippen LogP contribution in [0.2, 0.25) is 0 Å². The van der Waals surface area contributed by atoms with Crippen molar-refractivity contribution in [3.63, 3.8) is 0 Å². The van der Waals surface area contributed by atoms with E-state index in [-0.39, 0.29) is 31.8 Å². The van der Waals surface area contributed by atoms with E-state index in [2.05, 4.69) is 0 Å². The van der Waals surface area contributed by atoms with Gasteiger partial charge in [-0.3, -0.25) is 24.1 Å². The van der Waals surface area contributed by atoms with Crippen LogP contribution in [0.5, 0.6) is 11.5 Å². The van der Waals surface area contributed by atoms with Crippen LogP contribution in [0.1, 0.15) is 70.4 Å². The smallest absolute Gasteiger partial charge is 0.308 e. The van der Waals surface area contributed by atoms with Crippen LogP contribution in [0.4, 0.5) is 0 Å². The van der Waals surface area contributed by atoms with Gasteiger partial charge in [0.2, 0.25) is 12.7 Å². The minimum Gasteiger partial charge on any atom is -0.481 e. The normalized spacial score (nSPS) is 23.7. The molecule has 1 aromatic rings. The van der Waals surface area contributed by atoms with E-state index < -0.39 is 29.3 Å². The lowest BCUT2D eigenvalue weighted by Gasteiger charge is -2.30. The minimum atomic E-state index is -0.964. The van der Waals surface area contributed by atoms with Crippen molar-refractivity contribution >= 4 is 17.8 Å². The van der Waals surface area contributed by atoms with Crippen molar-refractivity contribution in [1.29, 1.82) is 0 Å². The van der Waals surface area contributed by atoms with Gasteiger partial charge in [-0.15, -0.1) is 0 Å². The number of fused-ring (bicyclic) bond motifs is 1. The summed E-state index contributed by atoms with van der Waals surface area (Å²) in [6, 6.07) is 3.07. The molecule has 2 amide bonds. The van der Waals surface area contributed by atoms with Gasteiger partial charge in [-0.1, -0.05) is 27.7 Å². The van der Waals surface area contributed by atoms with Gasteiger partial charge in [0.05, 0.1) is 25.7 Å². The van der Waals surface area contributed by atoms with Gasteiger partial charge in [0, 0.05) is 49.1 Å². The number of aliphatic hydroxyl groups is 1. The van der Waals surface area contributed by atoms with Crippen molar-refractivity contribution in [1.82, 2.24) is 14.9 Å². The summed E-state index contributed by atoms with van der Waals surface area (Å²) in [5.41, 5.74) is 0.823. The lowest BCUT2D eigenvalue weighted by atomic mass is 9.83. The number of amides is 2. The van der Waals surface area contributed by atoms with Crippen LogP contribution in [0.3, 0.4) is 0 Å². The molecule has 0 aliphatic carbocycles. The molecular formula is C29H43N3O8. The zero-order chi connectivity index (χ0) is 29.0. The summed E-state index contributed by atoms with van der Waals surface area (Å²) < 4.78 is 11.1. The summed E-state index contributed by atoms with van der Waals surface area (Å²) in [7, 11) is 0. The average molecular weight is 562 g/mol. The van der Waals surface area contributed by atoms with E-state index in [4.69, 9.17) is 14.3 Å². The quantitative estimate of drug-likeness (QED) is 0.349. The molecule has 0 radical (unpaired) electrons. The van der Waals surface area contributed by atoms with Crippen molar-refractivity contribution in [3.05, 3.63) is 23.3 Å². The van der Waals surface area contributed by atoms with Crippen LogP contribution < -0.4 is 9.47 Å². The van der Waals surface area contributed by atoms with E-state index in [0.717, 1.165) is 19.3 Å². The van der Waals surface area contributed by atoms with Crippen molar-refractivity contribution in [3.8, 4) is 11.5 Å². The Hall–Kier alpha value is -2.89. The number of benzene rings is 1. The second kappa shape index (κ2) is 12.7. The fourth-order valence-corrected chi connectivity index (χ4v) is 6.10. The molecule has 3 atom stereocenters. The monoisotopic (exact) mass is 561 g/mol. The summed E-state index contributed by atoms with van der Waals surface area (Å²) >= 11 is 0. The maximum Gasteiger partial charge on any atom is 0.308 e. The molecule has 0 spiro atoms. The zero-order valence-corrected chi connectivity index (χ0v) is 24.1. The number of aliphatic hydroxyl groups excluding tert-OH is 1. The van der Waals surface area contributed by atoms with Gasteiger partial charge in [0.25, 0.3) is 5.91 Å². The molecule has 0 saturated carbocycles. The molecule has 2 N–H and O–H groups in total. The second-order valence-electron chi connectivity index (χ2n) is 11.6. The van der Waals surface area contributed by atoms with E-state index in [0.29, 0.717) is 61.8 Å². The fourth-order valence-electron chi connectivity index (χ4n) is 6.10. The molecule has 0 unspecified atom stereocenters. The van der Waals surface area contributed by atoms with E-state index in [1.54, 1.807) is 12.1 Å². The second-order valence-corrected chi connectivity index (χ2v) is 11.6. The zero-order valence-electron chi connectivity index (χ0n) is 24.1. The molecule has 0 aromatic heterocycles. The average Bonchev–Trinajstić information content (AvgIpc) is 3.61. The largest absolute Gasteiger partial charge is 0.481 e. The molecule has 0 bridgehead atoms. The Morgan fingerprint density at radius 2 is 1.98 bits per heavy atom. The van der Waals surface area contributed by atoms with Gasteiger partial charge >= 0.3 is 5.97 Å². The topological polar surface area (TPSA) is 129 Å². The predicted octanol–water partition coefficient (Wildman–Crippen LogP) is 2.61. The third kappa shape index (κ3) is 6.21. The summed E-state index contributed by atoms with van der Waals surface area (Å²) in [4.78, 5) is 48.6. The van der Waals surface area contributed by atoms with Gasteiger partial charge in [-0.25, -0.2) is 5.06 Å². The van der Waals surface area contributed by atoms with Gasteiger partial charge in [-0.2, -0.15) is 0 Å². The first kappa shape index (κ1) is 30.1. The van der Waals surface area contributed by atoms with Crippen LogP contribution in [0.25, 0.3) is 0 Å². The summed E-state index contributed by atoms with van der Waals surface area (Å²) in [5, 5.41) is 21.8. The van der Waals surface area contributed by atoms with Gasteiger partial charge in [-0.05, 0) is 43.4 Å². The van der Waals surface area contributed by atoms with E-state index in [9.17, 15) is 24.6 Å². The number of aliphatic carboxylic acids is 1. The van der Waals surface area contributed by atoms with Gasteiger partial charge in [0.15, 0.2) is 11.5 Å². The van der Waals surface area contributed by atoms with Crippen molar-refractivity contribution in [2.75, 3.05) is 46.1 Å². The number of nitrogens with zero attached hydrogens (tertiary/aromatic N) is 3. The highest BCUT2D eigenvalue weighted by atomic mass is 16.7. The van der Waals surface area contributed by atoms with Crippen LogP contribution in [0, 0.1) is 11.3 Å². The number of carboxylic acids is 1. The van der Waals surface area contributed by atoms with Crippen molar-refractivity contribution in [2.24, 2.45) is 11.3 Å². The first-order chi connectivity index (χ1) is 19.1. The van der Waals surface area contributed by atoms with Crippen LogP contribution >= 0.6 is 0 Å². The molecule has 11 nitrogen and oxygen atoms in total. The molecule has 3 aliphatic heterocycles. The highest BCUT2D eigenvalue weighted by Gasteiger charge is 2.48. The van der Waals surface area contributed by atoms with E-state index in [1.807, 2.05) is 37.5 Å². The molecule has 222 valence electrons. The maximum atomic E-state index is 13.4. The molecule has 40 heavy (non-hydrogen) atoms. The molecule has 11 heteroatoms. The number of likely N-dealkylation sites (tertiary alicyclic amines) is 2. The Bertz CT molecular complexity index is 1090. The fraction of sp³-hybridized carbons (Fsp3) is 0.690. The highest BCUT2D eigenvalue weighted by Crippen LogP contribution is 2.44. The molecule has 3 heterocycles. The molecule has 1 aromatic carbocycles. The SMILES string of the molecule is CCCON(CCC)C(=O)CN1C[C@H](c2cc(CO)c3c(c2)OCO3)[C@@H](C(=O)O)[C@@H]1CCN1CCC(C)(C)C1=O. The molecule has 3 aliphatic rings. The van der Waals surface area contributed by atoms with Crippen molar-refractivity contribution in [2.45, 2.75) is 71.9 Å². The Morgan fingerprint density at radius 3 is 2.60 bits per heavy atom. The van der Waals surface area contributed by atoms with Crippen LogP contribution in [-0.2, 0) is 25.8 Å². The summed E-state index contributed by atoms with van der Waals surface area (Å²) in [6.45, 7) is 9.82. The Labute approximate surface area is 235 Å². The van der Waals surface area contributed by atoms with Crippen LogP contribution in [-0.4, -0.2) is 95.0 Å². The van der Waals surface area contributed by atoms with Gasteiger partial charge in [0.1, 0.15) is 0 Å². The molecular weight excluding hydrogens is 518 g/mol. The third-order valence-electron chi connectivity index (χ3n) is 8.27. The molecule has 2 saturated heterocycles. The Morgan fingerprint density at radius 1 is 1.20 bits per heavy atom. The Balaban J connectivity index is 1.63. The lowest BCUT2D eigenvalue weighted by molar-refractivity contribution is -0.188. The molecule has 2 fully saturated rings.